The van der Waals surface area contributed by atoms with Gasteiger partial charge in [-0.2, -0.15) is 0 Å². The number of aromatic amines is 1. The Balaban J connectivity index is 1.42. The van der Waals surface area contributed by atoms with Crippen molar-refractivity contribution in [1.29, 1.82) is 0 Å². The first-order chi connectivity index (χ1) is 14.5. The first-order valence-corrected chi connectivity index (χ1v) is 10.3. The van der Waals surface area contributed by atoms with Gasteiger partial charge in [0.05, 0.1) is 12.8 Å². The van der Waals surface area contributed by atoms with E-state index in [1.54, 1.807) is 18.6 Å². The Labute approximate surface area is 177 Å². The fraction of sp³-hybridized carbons (Fsp3) is 0.238. The smallest absolute Gasteiger partial charge is 0.263 e. The molecule has 0 aliphatic carbocycles. The van der Waals surface area contributed by atoms with Gasteiger partial charge >= 0.3 is 0 Å². The maximum absolute atomic E-state index is 12.1. The van der Waals surface area contributed by atoms with Crippen molar-refractivity contribution >= 4 is 28.3 Å². The maximum Gasteiger partial charge on any atom is 0.263 e. The van der Waals surface area contributed by atoms with Crippen molar-refractivity contribution in [2.75, 3.05) is 19.0 Å². The summed E-state index contributed by atoms with van der Waals surface area (Å²) in [7, 11) is 1.62. The maximum atomic E-state index is 12.1. The van der Waals surface area contributed by atoms with Gasteiger partial charge in [0.2, 0.25) is 5.91 Å². The molecule has 2 heterocycles. The first kappa shape index (κ1) is 21.3. The summed E-state index contributed by atoms with van der Waals surface area (Å²) >= 11 is 1.25. The van der Waals surface area contributed by atoms with E-state index in [-0.39, 0.29) is 11.5 Å². The number of nitrogens with zero attached hydrogens (tertiary/aromatic N) is 1. The normalized spacial score (nSPS) is 10.4. The summed E-state index contributed by atoms with van der Waals surface area (Å²) in [5, 5.41) is 7.67. The molecule has 156 valence electrons. The van der Waals surface area contributed by atoms with Gasteiger partial charge in [-0.05, 0) is 42.7 Å². The average molecular weight is 426 g/mol. The number of hydrogen-bond acceptors (Lipinski definition) is 6. The number of rotatable bonds is 9. The summed E-state index contributed by atoms with van der Waals surface area (Å²) in [5.41, 5.74) is 1.36. The molecule has 0 radical (unpaired) electrons. The van der Waals surface area contributed by atoms with E-state index < -0.39 is 11.5 Å². The van der Waals surface area contributed by atoms with Crippen LogP contribution in [-0.4, -0.2) is 35.4 Å². The zero-order valence-corrected chi connectivity index (χ0v) is 17.3. The molecule has 2 aromatic heterocycles. The van der Waals surface area contributed by atoms with Crippen LogP contribution in [-0.2, 0) is 17.6 Å². The number of amides is 2. The molecule has 2 amide bonds. The fourth-order valence-corrected chi connectivity index (χ4v) is 3.49. The molecule has 1 aromatic carbocycles. The number of aromatic nitrogens is 2. The molecule has 0 aliphatic heterocycles. The Hall–Kier alpha value is -3.46. The van der Waals surface area contributed by atoms with Crippen LogP contribution in [0.15, 0.2) is 52.8 Å². The molecule has 0 fully saturated rings. The zero-order valence-electron chi connectivity index (χ0n) is 16.4. The quantitative estimate of drug-likeness (QED) is 0.486. The molecule has 9 heteroatoms. The molecule has 0 bridgehead atoms. The summed E-state index contributed by atoms with van der Waals surface area (Å²) in [6.07, 6.45) is 2.94. The van der Waals surface area contributed by atoms with Crippen LogP contribution < -0.4 is 20.9 Å². The van der Waals surface area contributed by atoms with Crippen molar-refractivity contribution < 1.29 is 14.3 Å². The lowest BCUT2D eigenvalue weighted by Gasteiger charge is -2.06. The van der Waals surface area contributed by atoms with E-state index in [1.165, 1.54) is 23.6 Å². The highest BCUT2D eigenvalue weighted by Crippen LogP contribution is 2.17. The zero-order chi connectivity index (χ0) is 21.3. The standard InChI is InChI=1S/C21H22N4O4S/c1-29-16-5-2-4-14(12-16)9-11-22-18(26)8-7-15-13-30-21(24-15)25-20(28)17-6-3-10-23-19(17)27/h2-6,10,12-13H,7-9,11H2,1H3,(H,22,26)(H,23,27)(H,24,25,28). The Morgan fingerprint density at radius 1 is 1.20 bits per heavy atom. The molecule has 8 nitrogen and oxygen atoms in total. The van der Waals surface area contributed by atoms with Gasteiger partial charge in [0.1, 0.15) is 11.3 Å². The number of hydrogen-bond donors (Lipinski definition) is 3. The van der Waals surface area contributed by atoms with Crippen LogP contribution in [0, 0.1) is 0 Å². The van der Waals surface area contributed by atoms with Crippen LogP contribution in [0.2, 0.25) is 0 Å². The van der Waals surface area contributed by atoms with Crippen LogP contribution in [0.5, 0.6) is 5.75 Å². The van der Waals surface area contributed by atoms with Crippen LogP contribution in [0.25, 0.3) is 0 Å². The molecule has 0 saturated carbocycles. The van der Waals surface area contributed by atoms with Gasteiger partial charge in [0.15, 0.2) is 5.13 Å². The number of H-pyrrole nitrogens is 1. The highest BCUT2D eigenvalue weighted by molar-refractivity contribution is 7.14. The second-order valence-corrected chi connectivity index (χ2v) is 7.32. The lowest BCUT2D eigenvalue weighted by molar-refractivity contribution is -0.121. The molecule has 0 saturated heterocycles. The van der Waals surface area contributed by atoms with Crippen LogP contribution in [0.3, 0.4) is 0 Å². The molecule has 0 spiro atoms. The van der Waals surface area contributed by atoms with Crippen LogP contribution in [0.1, 0.15) is 28.0 Å². The second-order valence-electron chi connectivity index (χ2n) is 6.46. The van der Waals surface area contributed by atoms with Gasteiger partial charge in [-0.3, -0.25) is 19.7 Å². The van der Waals surface area contributed by atoms with Gasteiger partial charge in [-0.1, -0.05) is 12.1 Å². The lowest BCUT2D eigenvalue weighted by Crippen LogP contribution is -2.25. The summed E-state index contributed by atoms with van der Waals surface area (Å²) in [6, 6.07) is 10.8. The minimum absolute atomic E-state index is 0.0182. The average Bonchev–Trinajstić information content (AvgIpc) is 3.20. The summed E-state index contributed by atoms with van der Waals surface area (Å²) < 4.78 is 5.19. The van der Waals surface area contributed by atoms with Crippen molar-refractivity contribution in [1.82, 2.24) is 15.3 Å². The van der Waals surface area contributed by atoms with Crippen molar-refractivity contribution in [2.24, 2.45) is 0 Å². The van der Waals surface area contributed by atoms with E-state index in [1.807, 2.05) is 24.3 Å². The van der Waals surface area contributed by atoms with Crippen LogP contribution in [0.4, 0.5) is 5.13 Å². The summed E-state index contributed by atoms with van der Waals surface area (Å²) in [4.78, 5) is 42.6. The number of pyridine rings is 1. The van der Waals surface area contributed by atoms with Gasteiger partial charge in [0, 0.05) is 24.5 Å². The number of thiazole rings is 1. The number of aryl methyl sites for hydroxylation is 1. The van der Waals surface area contributed by atoms with Crippen LogP contribution >= 0.6 is 11.3 Å². The molecule has 0 atom stereocenters. The minimum Gasteiger partial charge on any atom is -0.497 e. The number of anilines is 1. The molecular formula is C21H22N4O4S. The lowest BCUT2D eigenvalue weighted by atomic mass is 10.1. The largest absolute Gasteiger partial charge is 0.497 e. The predicted octanol–water partition coefficient (Wildman–Crippen LogP) is 2.38. The molecule has 30 heavy (non-hydrogen) atoms. The fourth-order valence-electron chi connectivity index (χ4n) is 2.75. The molecule has 0 aliphatic rings. The minimum atomic E-state index is -0.520. The summed E-state index contributed by atoms with van der Waals surface area (Å²) in [5.74, 6) is 0.211. The number of carbonyl (C=O) groups excluding carboxylic acids is 2. The molecule has 3 rings (SSSR count). The Morgan fingerprint density at radius 3 is 2.87 bits per heavy atom. The topological polar surface area (TPSA) is 113 Å². The van der Waals surface area contributed by atoms with E-state index >= 15 is 0 Å². The van der Waals surface area contributed by atoms with E-state index in [9.17, 15) is 14.4 Å². The Morgan fingerprint density at radius 2 is 2.07 bits per heavy atom. The summed E-state index contributed by atoms with van der Waals surface area (Å²) in [6.45, 7) is 0.538. The predicted molar refractivity (Wildman–Crippen MR) is 115 cm³/mol. The van der Waals surface area contributed by atoms with Crippen molar-refractivity contribution in [3.8, 4) is 5.75 Å². The first-order valence-electron chi connectivity index (χ1n) is 9.38. The molecule has 3 N–H and O–H groups in total. The second kappa shape index (κ2) is 10.4. The van der Waals surface area contributed by atoms with E-state index in [2.05, 4.69) is 20.6 Å². The van der Waals surface area contributed by atoms with Crippen molar-refractivity contribution in [3.63, 3.8) is 0 Å². The van der Waals surface area contributed by atoms with Gasteiger partial charge in [-0.25, -0.2) is 4.98 Å². The SMILES string of the molecule is COc1cccc(CCNC(=O)CCc2csc(NC(=O)c3ccc[nH]c3=O)n2)c1. The number of benzene rings is 1. The molecule has 0 unspecified atom stereocenters. The third kappa shape index (κ3) is 6.02. The Kier molecular flexibility index (Phi) is 7.34. The molecular weight excluding hydrogens is 404 g/mol. The third-order valence-corrected chi connectivity index (χ3v) is 5.12. The van der Waals surface area contributed by atoms with E-state index in [0.29, 0.717) is 36.6 Å². The van der Waals surface area contributed by atoms with Crippen molar-refractivity contribution in [3.05, 3.63) is 75.1 Å². The highest BCUT2D eigenvalue weighted by Gasteiger charge is 2.12. The van der Waals surface area contributed by atoms with E-state index in [4.69, 9.17) is 4.74 Å². The number of carbonyl (C=O) groups is 2. The van der Waals surface area contributed by atoms with Gasteiger partial charge < -0.3 is 15.0 Å². The monoisotopic (exact) mass is 426 g/mol. The van der Waals surface area contributed by atoms with E-state index in [0.717, 1.165) is 11.3 Å². The van der Waals surface area contributed by atoms with Crippen molar-refractivity contribution in [2.45, 2.75) is 19.3 Å². The number of methoxy groups -OCH3 is 1. The van der Waals surface area contributed by atoms with Gasteiger partial charge in [-0.15, -0.1) is 11.3 Å². The number of ether oxygens (including phenoxy) is 1. The highest BCUT2D eigenvalue weighted by atomic mass is 32.1. The van der Waals surface area contributed by atoms with Gasteiger partial charge in [0.25, 0.3) is 11.5 Å². The molecule has 3 aromatic rings. The Bertz CT molecular complexity index is 1080. The number of nitrogens with one attached hydrogen (secondary N) is 3. The third-order valence-electron chi connectivity index (χ3n) is 4.31.